The van der Waals surface area contributed by atoms with Gasteiger partial charge in [0.15, 0.2) is 23.3 Å². The number of anilines is 4. The molecule has 132 heavy (non-hydrogen) atoms. The van der Waals surface area contributed by atoms with Gasteiger partial charge in [0.2, 0.25) is 29.5 Å². The number of carbonyl (C=O) groups is 4. The summed E-state index contributed by atoms with van der Waals surface area (Å²) in [5.74, 6) is 1.79. The van der Waals surface area contributed by atoms with Gasteiger partial charge in [-0.2, -0.15) is 57.7 Å². The first-order chi connectivity index (χ1) is 63.7. The Morgan fingerprint density at radius 1 is 0.371 bits per heavy atom. The summed E-state index contributed by atoms with van der Waals surface area (Å²) in [5.41, 5.74) is 18.8. The number of hydrogen-bond acceptors (Lipinski definition) is 22. The van der Waals surface area contributed by atoms with Crippen LogP contribution in [0.4, 0.5) is 40.8 Å². The van der Waals surface area contributed by atoms with Crippen LogP contribution in [0.5, 0.6) is 5.88 Å². The summed E-state index contributed by atoms with van der Waals surface area (Å²) in [6.07, 6.45) is 19.2. The van der Waals surface area contributed by atoms with Crippen LogP contribution in [0.3, 0.4) is 0 Å². The van der Waals surface area contributed by atoms with Crippen LogP contribution in [-0.4, -0.2) is 135 Å². The van der Waals surface area contributed by atoms with Crippen LogP contribution >= 0.6 is 0 Å². The highest BCUT2D eigenvalue weighted by molar-refractivity contribution is 6.03. The van der Waals surface area contributed by atoms with Gasteiger partial charge in [0, 0.05) is 101 Å². The van der Waals surface area contributed by atoms with Crippen molar-refractivity contribution >= 4 is 46.9 Å². The Labute approximate surface area is 756 Å². The molecular weight excluding hydrogens is 1680 g/mol. The lowest BCUT2D eigenvalue weighted by Crippen LogP contribution is -2.26. The molecule has 0 atom stereocenters. The maximum atomic E-state index is 13.7. The molecule has 0 N–H and O–H groups in total. The molecule has 16 aromatic rings. The summed E-state index contributed by atoms with van der Waals surface area (Å²) in [7, 11) is 0. The maximum Gasteiger partial charge on any atom is 0.388 e. The average molecular weight is 1770 g/mol. The van der Waals surface area contributed by atoms with Crippen LogP contribution in [0.2, 0.25) is 0 Å². The molecule has 30 nitrogen and oxygen atoms in total. The number of rotatable bonds is 22. The van der Waals surface area contributed by atoms with Gasteiger partial charge in [-0.1, -0.05) is 114 Å². The minimum absolute atomic E-state index is 0.0227. The number of amides is 4. The van der Waals surface area contributed by atoms with E-state index in [0.717, 1.165) is 102 Å². The van der Waals surface area contributed by atoms with E-state index in [9.17, 15) is 36.7 Å². The lowest BCUT2D eigenvalue weighted by molar-refractivity contribution is -0.118. The molecule has 4 aliphatic heterocycles. The first-order valence-electron chi connectivity index (χ1n) is 42.8. The van der Waals surface area contributed by atoms with E-state index in [2.05, 4.69) is 135 Å². The smallest absolute Gasteiger partial charge is 0.388 e. The van der Waals surface area contributed by atoms with Gasteiger partial charge in [-0.15, -0.1) is 0 Å². The monoisotopic (exact) mass is 1770 g/mol. The number of fused-ring (bicyclic) bond motifs is 4. The van der Waals surface area contributed by atoms with Gasteiger partial charge in [-0.05, 0) is 163 Å². The molecule has 0 aliphatic carbocycles. The molecule has 20 rings (SSSR count). The van der Waals surface area contributed by atoms with Gasteiger partial charge in [-0.3, -0.25) is 48.7 Å². The summed E-state index contributed by atoms with van der Waals surface area (Å²) >= 11 is 0. The third kappa shape index (κ3) is 19.1. The molecule has 4 aliphatic rings. The molecule has 0 spiro atoms. The minimum atomic E-state index is -3.03. The number of aromatic nitrogens is 21. The summed E-state index contributed by atoms with van der Waals surface area (Å²) in [5, 5.41) is 25.1. The lowest BCUT2D eigenvalue weighted by atomic mass is 9.97. The van der Waals surface area contributed by atoms with Crippen LogP contribution in [0.25, 0.3) is 68.3 Å². The Balaban J connectivity index is 0.000000123. The van der Waals surface area contributed by atoms with Gasteiger partial charge in [-0.25, -0.2) is 54.2 Å². The Hall–Kier alpha value is -16.0. The van der Waals surface area contributed by atoms with Crippen molar-refractivity contribution in [3.05, 3.63) is 322 Å². The van der Waals surface area contributed by atoms with Crippen molar-refractivity contribution in [2.75, 3.05) is 19.6 Å². The molecule has 5 aromatic carbocycles. The second-order valence-corrected chi connectivity index (χ2v) is 33.1. The van der Waals surface area contributed by atoms with Crippen molar-refractivity contribution in [3.8, 4) is 74.2 Å². The highest BCUT2D eigenvalue weighted by atomic mass is 19.3. The van der Waals surface area contributed by atoms with Crippen LogP contribution in [0.15, 0.2) is 238 Å². The standard InChI is InChI=1S/C27H26F2N6O.C27H27N5O.C23H21N7O.C21H15F2N7O2/c1-16(2)24-21(6-5-11-30-24)25-31-14-19-13-23(36)34(26(19)32-25)15-18-7-9-20(10-8-18)35-17(3)12-22(33-35)27(4,28)29;1-17(2)23-7-5-6-8-24(23)26-28-15-21-14-25(33)31(27(21)29-26)16-20-9-11-22(12-10-20)32-19(4)13-18(3)30-32;1-15(2)21-19(4-3-9-24-21)22-25-13-17-12-20(31)29(23(17)28-22)14-16-5-7-18(8-6-16)30-26-10-11-27-30;22-21(23)32-20-16(2-1-7-24-20)18-25-11-14-10-17(31)29(19(14)28-18)12-13-3-5-15(6-4-13)30-26-8-9-27-30/h5-12,14,16H,13,15H2,1-4H3;5-13,15,17H,14,16H2,1-4H3;3-11,13,15H,12,14H2,1-2H3;1-9,11,21H,10,12H2. The van der Waals surface area contributed by atoms with Crippen LogP contribution < -0.4 is 24.3 Å². The third-order valence-electron chi connectivity index (χ3n) is 22.5. The van der Waals surface area contributed by atoms with Crippen LogP contribution in [-0.2, 0) is 77.0 Å². The third-order valence-corrected chi connectivity index (χ3v) is 22.5. The SMILES string of the molecule is CC(C)c1ncccc1-c1ncc2c(n1)N(Cc1ccc(-n3nccn3)cc1)C(=O)C2.Cc1cc(C(C)(F)F)nn1-c1ccc(CN2C(=O)Cc3cnc(-c4cccnc4C(C)C)nc32)cc1.Cc1cc(C)n(-c2ccc(CN3C(=O)Cc4cnc(-c5ccccc5C(C)C)nc43)cc2)n1.O=C1Cc2cnc(-c3cccnc3OC(F)F)nc2N1Cc1ccc(-n2nccn2)cc1. The van der Waals surface area contributed by atoms with E-state index < -0.39 is 12.5 Å². The molecule has 0 unspecified atom stereocenters. The zero-order valence-corrected chi connectivity index (χ0v) is 73.7. The fourth-order valence-electron chi connectivity index (χ4n) is 16.0. The normalized spacial score (nSPS) is 13.2. The van der Waals surface area contributed by atoms with Crippen LogP contribution in [0.1, 0.15) is 150 Å². The highest BCUT2D eigenvalue weighted by Crippen LogP contribution is 2.39. The zero-order chi connectivity index (χ0) is 92.2. The van der Waals surface area contributed by atoms with E-state index in [-0.39, 0.29) is 71.3 Å². The number of ether oxygens (including phenoxy) is 1. The minimum Gasteiger partial charge on any atom is -0.416 e. The second kappa shape index (κ2) is 37.7. The molecule has 0 saturated heterocycles. The fourth-order valence-corrected chi connectivity index (χ4v) is 16.0. The van der Waals surface area contributed by atoms with Gasteiger partial charge in [0.25, 0.3) is 5.92 Å². The van der Waals surface area contributed by atoms with Gasteiger partial charge < -0.3 is 4.74 Å². The molecule has 34 heteroatoms. The number of pyridine rings is 3. The Bertz CT molecular complexity index is 6930. The van der Waals surface area contributed by atoms with Crippen molar-refractivity contribution in [2.24, 2.45) is 0 Å². The summed E-state index contributed by atoms with van der Waals surface area (Å²) in [6.45, 7) is 17.8. The first-order valence-corrected chi connectivity index (χ1v) is 42.8. The lowest BCUT2D eigenvalue weighted by Gasteiger charge is -2.18. The summed E-state index contributed by atoms with van der Waals surface area (Å²) in [6, 6.07) is 53.3. The predicted octanol–water partition coefficient (Wildman–Crippen LogP) is 16.7. The topological polar surface area (TPSA) is 329 Å². The zero-order valence-electron chi connectivity index (χ0n) is 73.7. The molecule has 11 aromatic heterocycles. The number of nitrogens with zero attached hydrogens (tertiary/aromatic N) is 25. The predicted molar refractivity (Wildman–Crippen MR) is 485 cm³/mol. The number of carbonyl (C=O) groups excluding carboxylic acids is 4. The molecule has 0 fully saturated rings. The first kappa shape index (κ1) is 88.0. The van der Waals surface area contributed by atoms with E-state index >= 15 is 0 Å². The second-order valence-electron chi connectivity index (χ2n) is 33.1. The van der Waals surface area contributed by atoms with E-state index in [4.69, 9.17) is 15.0 Å². The highest BCUT2D eigenvalue weighted by Gasteiger charge is 2.36. The molecule has 4 amide bonds. The van der Waals surface area contributed by atoms with Crippen molar-refractivity contribution in [1.29, 1.82) is 0 Å². The Morgan fingerprint density at radius 3 is 1.05 bits per heavy atom. The average Bonchev–Trinajstić information content (AvgIpc) is 1.63. The number of alkyl halides is 4. The van der Waals surface area contributed by atoms with Gasteiger partial charge in [0.05, 0.1) is 122 Å². The van der Waals surface area contributed by atoms with Gasteiger partial charge in [0.1, 0.15) is 29.0 Å². The largest absolute Gasteiger partial charge is 0.416 e. The number of benzene rings is 5. The van der Waals surface area contributed by atoms with Crippen molar-refractivity contribution < 1.29 is 41.5 Å². The fraction of sp³-hybridized carbons (Fsp3) is 0.235. The molecule has 0 radical (unpaired) electrons. The quantitative estimate of drug-likeness (QED) is 0.0569. The molecule has 15 heterocycles. The molecular formula is C98H89F4N25O5. The van der Waals surface area contributed by atoms with E-state index in [1.807, 2.05) is 152 Å². The van der Waals surface area contributed by atoms with Crippen molar-refractivity contribution in [2.45, 2.75) is 151 Å². The number of halogens is 4. The maximum absolute atomic E-state index is 13.7. The Kier molecular flexibility index (Phi) is 25.2. The number of aryl methyl sites for hydroxylation is 3. The molecule has 0 bridgehead atoms. The van der Waals surface area contributed by atoms with Crippen molar-refractivity contribution in [3.63, 3.8) is 0 Å². The van der Waals surface area contributed by atoms with E-state index in [1.165, 1.54) is 39.6 Å². The summed E-state index contributed by atoms with van der Waals surface area (Å²) < 4.78 is 60.8. The van der Waals surface area contributed by atoms with E-state index in [0.29, 0.717) is 103 Å². The Morgan fingerprint density at radius 2 is 0.705 bits per heavy atom. The van der Waals surface area contributed by atoms with Gasteiger partial charge >= 0.3 is 6.61 Å². The summed E-state index contributed by atoms with van der Waals surface area (Å²) in [4.78, 5) is 110. The molecule has 0 saturated carbocycles. The number of hydrogen-bond donors (Lipinski definition) is 0. The van der Waals surface area contributed by atoms with Crippen molar-refractivity contribution in [1.82, 2.24) is 104 Å². The molecule has 664 valence electrons. The van der Waals surface area contributed by atoms with Crippen LogP contribution in [0, 0.1) is 20.8 Å². The van der Waals surface area contributed by atoms with E-state index in [1.54, 1.807) is 93.2 Å².